The van der Waals surface area contributed by atoms with Gasteiger partial charge in [0.05, 0.1) is 10.5 Å². The summed E-state index contributed by atoms with van der Waals surface area (Å²) in [5, 5.41) is 3.23. The van der Waals surface area contributed by atoms with Crippen molar-refractivity contribution in [2.24, 2.45) is 0 Å². The van der Waals surface area contributed by atoms with Gasteiger partial charge in [0.1, 0.15) is 15.8 Å². The number of aromatic nitrogens is 2. The number of nitrogens with one attached hydrogen (secondary N) is 1. The number of pyridine rings is 1. The van der Waals surface area contributed by atoms with Gasteiger partial charge in [-0.1, -0.05) is 36.1 Å². The largest absolute Gasteiger partial charge is 0.454 e. The molecule has 0 aliphatic carbocycles. The maximum atomic E-state index is 13.2. The molecular weight excluding hydrogens is 436 g/mol. The highest BCUT2D eigenvalue weighted by Crippen LogP contribution is 2.33. The number of thioether (sulfide) groups is 1. The van der Waals surface area contributed by atoms with Crippen molar-refractivity contribution in [3.63, 3.8) is 0 Å². The fourth-order valence-electron chi connectivity index (χ4n) is 3.28. The third-order valence-electron chi connectivity index (χ3n) is 4.93. The van der Waals surface area contributed by atoms with Crippen LogP contribution in [0.25, 0.3) is 11.7 Å². The molecule has 1 amide bonds. The van der Waals surface area contributed by atoms with E-state index in [1.54, 1.807) is 31.5 Å². The van der Waals surface area contributed by atoms with Gasteiger partial charge in [-0.25, -0.2) is 4.98 Å². The van der Waals surface area contributed by atoms with E-state index in [0.29, 0.717) is 44.3 Å². The highest BCUT2D eigenvalue weighted by molar-refractivity contribution is 8.26. The lowest BCUT2D eigenvalue weighted by molar-refractivity contribution is -0.121. The smallest absolute Gasteiger partial charge is 0.267 e. The van der Waals surface area contributed by atoms with Crippen molar-refractivity contribution in [1.29, 1.82) is 0 Å². The van der Waals surface area contributed by atoms with E-state index in [0.717, 1.165) is 17.3 Å². The predicted molar refractivity (Wildman–Crippen MR) is 122 cm³/mol. The summed E-state index contributed by atoms with van der Waals surface area (Å²) >= 11 is 6.36. The van der Waals surface area contributed by atoms with Gasteiger partial charge < -0.3 is 14.8 Å². The van der Waals surface area contributed by atoms with Crippen LogP contribution >= 0.6 is 24.0 Å². The maximum Gasteiger partial charge on any atom is 0.267 e. The van der Waals surface area contributed by atoms with Crippen molar-refractivity contribution < 1.29 is 14.3 Å². The minimum absolute atomic E-state index is 0.203. The van der Waals surface area contributed by atoms with Crippen molar-refractivity contribution >= 4 is 51.7 Å². The molecule has 8 nitrogen and oxygen atoms in total. The highest BCUT2D eigenvalue weighted by Gasteiger charge is 2.29. The van der Waals surface area contributed by atoms with Gasteiger partial charge in [0.25, 0.3) is 11.5 Å². The Morgan fingerprint density at radius 1 is 1.23 bits per heavy atom. The van der Waals surface area contributed by atoms with E-state index in [1.807, 2.05) is 24.3 Å². The van der Waals surface area contributed by atoms with Gasteiger partial charge in [0, 0.05) is 19.8 Å². The van der Waals surface area contributed by atoms with Crippen LogP contribution in [-0.4, -0.2) is 38.4 Å². The number of thiocarbonyl (C=S) groups is 1. The molecule has 1 N–H and O–H groups in total. The van der Waals surface area contributed by atoms with Crippen LogP contribution in [0.4, 0.5) is 5.82 Å². The lowest BCUT2D eigenvalue weighted by Crippen LogP contribution is -2.23. The quantitative estimate of drug-likeness (QED) is 0.478. The van der Waals surface area contributed by atoms with Gasteiger partial charge in [0.15, 0.2) is 11.5 Å². The number of carbonyl (C=O) groups excluding carboxylic acids is 1. The first-order valence-electron chi connectivity index (χ1n) is 9.36. The van der Waals surface area contributed by atoms with Crippen LogP contribution in [0.5, 0.6) is 11.5 Å². The summed E-state index contributed by atoms with van der Waals surface area (Å²) in [6.07, 6.45) is 3.20. The zero-order valence-electron chi connectivity index (χ0n) is 16.3. The van der Waals surface area contributed by atoms with Crippen molar-refractivity contribution in [3.05, 3.63) is 69.0 Å². The molecule has 5 rings (SSSR count). The molecule has 4 heterocycles. The molecule has 2 aliphatic rings. The monoisotopic (exact) mass is 452 g/mol. The second kappa shape index (κ2) is 7.71. The summed E-state index contributed by atoms with van der Waals surface area (Å²) in [7, 11) is 1.61. The number of likely N-dealkylation sites (N-methyl/N-ethyl adjacent to an activating group) is 1. The minimum Gasteiger partial charge on any atom is -0.454 e. The number of benzene rings is 1. The van der Waals surface area contributed by atoms with Gasteiger partial charge >= 0.3 is 0 Å². The lowest BCUT2D eigenvalue weighted by atomic mass is 10.2. The maximum absolute atomic E-state index is 13.2. The third kappa shape index (κ3) is 3.53. The van der Waals surface area contributed by atoms with Crippen LogP contribution in [0.1, 0.15) is 11.1 Å². The molecule has 2 aliphatic heterocycles. The van der Waals surface area contributed by atoms with E-state index in [4.69, 9.17) is 21.7 Å². The Morgan fingerprint density at radius 2 is 2.06 bits per heavy atom. The number of carbonyl (C=O) groups is 1. The SMILES string of the molecule is CN1C(=O)/C(=C/c2c(NCc3ccc4c(c3)OCO4)nc3ccccn3c2=O)SC1=S. The van der Waals surface area contributed by atoms with Crippen LogP contribution in [0.3, 0.4) is 0 Å². The first-order chi connectivity index (χ1) is 15.0. The Morgan fingerprint density at radius 3 is 2.87 bits per heavy atom. The molecule has 0 bridgehead atoms. The minimum atomic E-state index is -0.278. The average molecular weight is 453 g/mol. The molecule has 156 valence electrons. The topological polar surface area (TPSA) is 85.2 Å². The first-order valence-corrected chi connectivity index (χ1v) is 10.6. The zero-order chi connectivity index (χ0) is 21.5. The van der Waals surface area contributed by atoms with Gasteiger partial charge in [-0.2, -0.15) is 0 Å². The standard InChI is InChI=1S/C21H16N4O4S2/c1-24-20(27)16(31-21(24)30)9-13-18(23-17-4-2-3-7-25(17)19(13)26)22-10-12-5-6-14-15(8-12)29-11-28-14/h2-9,22H,10-11H2,1H3/b16-9-. The van der Waals surface area contributed by atoms with Crippen molar-refractivity contribution in [3.8, 4) is 11.5 Å². The number of fused-ring (bicyclic) bond motifs is 2. The summed E-state index contributed by atoms with van der Waals surface area (Å²) in [6.45, 7) is 0.608. The molecule has 0 spiro atoms. The molecule has 0 atom stereocenters. The summed E-state index contributed by atoms with van der Waals surface area (Å²) in [6, 6.07) is 11.0. The molecule has 31 heavy (non-hydrogen) atoms. The van der Waals surface area contributed by atoms with Crippen LogP contribution in [-0.2, 0) is 11.3 Å². The van der Waals surface area contributed by atoms with E-state index in [2.05, 4.69) is 10.3 Å². The van der Waals surface area contributed by atoms with Crippen LogP contribution in [0.15, 0.2) is 52.3 Å². The second-order valence-electron chi connectivity index (χ2n) is 6.89. The molecule has 1 fully saturated rings. The van der Waals surface area contributed by atoms with E-state index in [9.17, 15) is 9.59 Å². The van der Waals surface area contributed by atoms with Crippen LogP contribution in [0.2, 0.25) is 0 Å². The summed E-state index contributed by atoms with van der Waals surface area (Å²) < 4.78 is 12.7. The van der Waals surface area contributed by atoms with E-state index >= 15 is 0 Å². The Kier molecular flexibility index (Phi) is 4.87. The van der Waals surface area contributed by atoms with Crippen molar-refractivity contribution in [2.75, 3.05) is 19.2 Å². The number of anilines is 1. The summed E-state index contributed by atoms with van der Waals surface area (Å²) in [5.41, 5.74) is 1.45. The Balaban J connectivity index is 1.55. The lowest BCUT2D eigenvalue weighted by Gasteiger charge is -2.11. The van der Waals surface area contributed by atoms with Crippen molar-refractivity contribution in [2.45, 2.75) is 6.54 Å². The number of hydrogen-bond donors (Lipinski definition) is 1. The number of nitrogens with zero attached hydrogens (tertiary/aromatic N) is 3. The molecule has 0 unspecified atom stereocenters. The van der Waals surface area contributed by atoms with Gasteiger partial charge in [-0.15, -0.1) is 0 Å². The fraction of sp³-hybridized carbons (Fsp3) is 0.143. The predicted octanol–water partition coefficient (Wildman–Crippen LogP) is 2.87. The zero-order valence-corrected chi connectivity index (χ0v) is 18.0. The molecule has 0 radical (unpaired) electrons. The number of hydrogen-bond acceptors (Lipinski definition) is 8. The number of rotatable bonds is 4. The normalized spacial score (nSPS) is 16.5. The Hall–Kier alpha value is -3.37. The van der Waals surface area contributed by atoms with Crippen molar-refractivity contribution in [1.82, 2.24) is 14.3 Å². The van der Waals surface area contributed by atoms with Crippen LogP contribution in [0, 0.1) is 0 Å². The molecule has 3 aromatic rings. The number of ether oxygens (including phenoxy) is 2. The number of amides is 1. The average Bonchev–Trinajstić information content (AvgIpc) is 3.34. The van der Waals surface area contributed by atoms with Crippen LogP contribution < -0.4 is 20.3 Å². The molecule has 10 heteroatoms. The van der Waals surface area contributed by atoms with E-state index in [-0.39, 0.29) is 18.3 Å². The summed E-state index contributed by atoms with van der Waals surface area (Å²) in [5.74, 6) is 1.52. The Bertz CT molecular complexity index is 1330. The van der Waals surface area contributed by atoms with E-state index < -0.39 is 0 Å². The summed E-state index contributed by atoms with van der Waals surface area (Å²) in [4.78, 5) is 32.1. The second-order valence-corrected chi connectivity index (χ2v) is 8.57. The third-order valence-corrected chi connectivity index (χ3v) is 6.41. The first kappa shape index (κ1) is 19.6. The van der Waals surface area contributed by atoms with E-state index in [1.165, 1.54) is 9.30 Å². The molecule has 1 aromatic carbocycles. The Labute approximate surface area is 186 Å². The molecular formula is C21H16N4O4S2. The van der Waals surface area contributed by atoms with Gasteiger partial charge in [0.2, 0.25) is 6.79 Å². The molecule has 2 aromatic heterocycles. The van der Waals surface area contributed by atoms with Gasteiger partial charge in [-0.05, 0) is 35.9 Å². The van der Waals surface area contributed by atoms with Gasteiger partial charge in [-0.3, -0.25) is 18.9 Å². The molecule has 0 saturated carbocycles. The fourth-order valence-corrected chi connectivity index (χ4v) is 4.44. The highest BCUT2D eigenvalue weighted by atomic mass is 32.2. The molecule has 1 saturated heterocycles.